The zero-order valence-electron chi connectivity index (χ0n) is 20.3. The van der Waals surface area contributed by atoms with Crippen molar-refractivity contribution in [2.75, 3.05) is 54.4 Å². The van der Waals surface area contributed by atoms with Crippen LogP contribution in [-0.2, 0) is 0 Å². The third-order valence-electron chi connectivity index (χ3n) is 4.75. The Hall–Kier alpha value is -2.86. The van der Waals surface area contributed by atoms with Crippen LogP contribution in [0.25, 0.3) is 0 Å². The average Bonchev–Trinajstić information content (AvgIpc) is 2.81. The summed E-state index contributed by atoms with van der Waals surface area (Å²) in [6.07, 6.45) is 0. The maximum atomic E-state index is 12.8. The number of non-ortho nitro benzene ring substituents is 2. The molecule has 2 amide bonds. The number of likely N-dealkylation sites (N-methyl/N-ethyl adjacent to an activating group) is 2. The summed E-state index contributed by atoms with van der Waals surface area (Å²) in [6, 6.07) is 8.39. The molecule has 14 heteroatoms. The van der Waals surface area contributed by atoms with E-state index in [-0.39, 0.29) is 48.8 Å². The Kier molecular flexibility index (Phi) is 11.4. The van der Waals surface area contributed by atoms with Gasteiger partial charge >= 0.3 is 220 Å². The number of nitro benzene ring substituents is 2. The number of hydrogen-bond donors (Lipinski definition) is 2. The molecule has 12 nitrogen and oxygen atoms in total. The van der Waals surface area contributed by atoms with E-state index in [1.807, 2.05) is 38.0 Å². The van der Waals surface area contributed by atoms with E-state index in [0.717, 1.165) is 0 Å². The number of amides is 2. The van der Waals surface area contributed by atoms with E-state index in [1.54, 1.807) is 12.1 Å². The van der Waals surface area contributed by atoms with Crippen molar-refractivity contribution >= 4 is 58.4 Å². The Morgan fingerprint density at radius 2 is 1.11 bits per heavy atom. The van der Waals surface area contributed by atoms with Gasteiger partial charge in [-0.15, -0.1) is 0 Å². The second-order valence-corrected chi connectivity index (χ2v) is 14.3. The minimum absolute atomic E-state index is 0.184. The molecule has 2 aromatic carbocycles. The summed E-state index contributed by atoms with van der Waals surface area (Å²) in [5.74, 6) is -0.808. The standard InChI is InChI=1S/C22H28N6O6Se2/c1-25(2)11-9-23-21(29)17-13-15(27(31)32)5-7-19(17)35-36-20-8-6-16(28(33)34)14-18(20)22(30)24-10-12-26(3)4/h5-8,13-14H,9-12H2,1-4H3,(H,23,29)(H,24,30). The predicted molar refractivity (Wildman–Crippen MR) is 139 cm³/mol. The molecule has 36 heavy (non-hydrogen) atoms. The molecule has 0 spiro atoms. The fourth-order valence-corrected chi connectivity index (χ4v) is 9.86. The third-order valence-corrected chi connectivity index (χ3v) is 12.0. The summed E-state index contributed by atoms with van der Waals surface area (Å²) >= 11 is -0.656. The number of hydrogen-bond acceptors (Lipinski definition) is 8. The zero-order chi connectivity index (χ0) is 26.8. The van der Waals surface area contributed by atoms with E-state index >= 15 is 0 Å². The molecule has 0 bridgehead atoms. The van der Waals surface area contributed by atoms with Crippen LogP contribution in [0.4, 0.5) is 11.4 Å². The van der Waals surface area contributed by atoms with Gasteiger partial charge in [0.1, 0.15) is 0 Å². The van der Waals surface area contributed by atoms with Gasteiger partial charge in [-0.1, -0.05) is 0 Å². The first kappa shape index (κ1) is 29.4. The zero-order valence-corrected chi connectivity index (χ0v) is 23.8. The fraction of sp³-hybridized carbons (Fsp3) is 0.364. The van der Waals surface area contributed by atoms with Crippen molar-refractivity contribution in [1.29, 1.82) is 0 Å². The molecular weight excluding hydrogens is 602 g/mol. The second-order valence-electron chi connectivity index (χ2n) is 8.16. The van der Waals surface area contributed by atoms with Crippen LogP contribution in [0.3, 0.4) is 0 Å². The summed E-state index contributed by atoms with van der Waals surface area (Å²) < 4.78 is 1.32. The number of benzene rings is 2. The van der Waals surface area contributed by atoms with E-state index in [9.17, 15) is 29.8 Å². The number of nitrogens with one attached hydrogen (secondary N) is 2. The van der Waals surface area contributed by atoms with Gasteiger partial charge in [-0.2, -0.15) is 0 Å². The predicted octanol–water partition coefficient (Wildman–Crippen LogP) is -0.640. The van der Waals surface area contributed by atoms with Gasteiger partial charge in [0.15, 0.2) is 0 Å². The monoisotopic (exact) mass is 632 g/mol. The molecule has 0 aromatic heterocycles. The SMILES string of the molecule is CN(C)CCNC(=O)c1cc([N+](=O)[O-])ccc1[Se][Se]c1ccc([N+](=O)[O-])cc1C(=O)NCCN(C)C. The first-order chi connectivity index (χ1) is 17.0. The summed E-state index contributed by atoms with van der Waals surface area (Å²) in [5, 5.41) is 28.1. The van der Waals surface area contributed by atoms with Gasteiger partial charge in [-0.3, -0.25) is 0 Å². The number of nitro groups is 2. The average molecular weight is 630 g/mol. The van der Waals surface area contributed by atoms with Crippen molar-refractivity contribution in [3.05, 3.63) is 67.8 Å². The molecule has 194 valence electrons. The van der Waals surface area contributed by atoms with E-state index in [2.05, 4.69) is 10.6 Å². The van der Waals surface area contributed by atoms with Crippen LogP contribution in [0.2, 0.25) is 0 Å². The van der Waals surface area contributed by atoms with Crippen LogP contribution in [0.5, 0.6) is 0 Å². The normalized spacial score (nSPS) is 10.9. The molecule has 0 unspecified atom stereocenters. The molecule has 0 heterocycles. The molecule has 2 rings (SSSR count). The molecule has 0 fully saturated rings. The van der Waals surface area contributed by atoms with Gasteiger partial charge in [0, 0.05) is 0 Å². The van der Waals surface area contributed by atoms with Crippen LogP contribution >= 0.6 is 0 Å². The fourth-order valence-electron chi connectivity index (χ4n) is 2.83. The van der Waals surface area contributed by atoms with Crippen molar-refractivity contribution in [3.63, 3.8) is 0 Å². The van der Waals surface area contributed by atoms with E-state index in [0.29, 0.717) is 35.1 Å². The van der Waals surface area contributed by atoms with Crippen molar-refractivity contribution in [2.45, 2.75) is 0 Å². The van der Waals surface area contributed by atoms with Crippen LogP contribution in [0.15, 0.2) is 36.4 Å². The summed E-state index contributed by atoms with van der Waals surface area (Å²) in [6.45, 7) is 1.98. The number of rotatable bonds is 13. The quantitative estimate of drug-likeness (QED) is 0.169. The Balaban J connectivity index is 2.30. The van der Waals surface area contributed by atoms with E-state index < -0.39 is 21.7 Å². The molecule has 0 radical (unpaired) electrons. The summed E-state index contributed by atoms with van der Waals surface area (Å²) in [7, 11) is 7.48. The van der Waals surface area contributed by atoms with Crippen LogP contribution < -0.4 is 19.6 Å². The Morgan fingerprint density at radius 3 is 1.42 bits per heavy atom. The van der Waals surface area contributed by atoms with Gasteiger partial charge in [-0.05, 0) is 0 Å². The van der Waals surface area contributed by atoms with E-state index in [4.69, 9.17) is 0 Å². The van der Waals surface area contributed by atoms with Crippen LogP contribution in [0.1, 0.15) is 20.7 Å². The molecular formula is C22H28N6O6Se2. The second kappa shape index (κ2) is 14.0. The number of carbonyl (C=O) groups excluding carboxylic acids is 2. The molecule has 0 saturated carbocycles. The van der Waals surface area contributed by atoms with Gasteiger partial charge in [0.2, 0.25) is 0 Å². The topological polar surface area (TPSA) is 151 Å². The van der Waals surface area contributed by atoms with Crippen molar-refractivity contribution in [2.24, 2.45) is 0 Å². The van der Waals surface area contributed by atoms with Gasteiger partial charge in [0.05, 0.1) is 0 Å². The Morgan fingerprint density at radius 1 is 0.750 bits per heavy atom. The first-order valence-electron chi connectivity index (χ1n) is 10.8. The van der Waals surface area contributed by atoms with Gasteiger partial charge in [0.25, 0.3) is 0 Å². The maximum absolute atomic E-state index is 12.8. The molecule has 0 aliphatic heterocycles. The van der Waals surface area contributed by atoms with Crippen LogP contribution in [-0.4, -0.2) is 112 Å². The Labute approximate surface area is 219 Å². The van der Waals surface area contributed by atoms with Crippen molar-refractivity contribution in [3.8, 4) is 0 Å². The molecule has 2 aromatic rings. The Bertz CT molecular complexity index is 1040. The molecule has 0 aliphatic carbocycles. The van der Waals surface area contributed by atoms with Gasteiger partial charge in [-0.25, -0.2) is 0 Å². The van der Waals surface area contributed by atoms with Gasteiger partial charge < -0.3 is 0 Å². The van der Waals surface area contributed by atoms with Crippen molar-refractivity contribution in [1.82, 2.24) is 20.4 Å². The third kappa shape index (κ3) is 8.97. The summed E-state index contributed by atoms with van der Waals surface area (Å²) in [4.78, 5) is 50.9. The minimum atomic E-state index is -0.551. The number of carbonyl (C=O) groups is 2. The van der Waals surface area contributed by atoms with Crippen molar-refractivity contribution < 1.29 is 19.4 Å². The summed E-state index contributed by atoms with van der Waals surface area (Å²) in [5.41, 5.74) is 0.0830. The molecule has 2 N–H and O–H groups in total. The first-order valence-corrected chi connectivity index (χ1v) is 16.8. The number of nitrogens with zero attached hydrogens (tertiary/aromatic N) is 4. The molecule has 0 saturated heterocycles. The molecule has 0 aliphatic rings. The van der Waals surface area contributed by atoms with E-state index in [1.165, 1.54) is 24.3 Å². The molecule has 0 atom stereocenters. The van der Waals surface area contributed by atoms with Crippen LogP contribution in [0, 0.1) is 20.2 Å².